The maximum Gasteiger partial charge on any atom is 0.0715 e. The highest BCUT2D eigenvalue weighted by Gasteiger charge is 2.17. The van der Waals surface area contributed by atoms with Gasteiger partial charge in [-0.3, -0.25) is 0 Å². The monoisotopic (exact) mass is 654 g/mol. The number of rotatable bonds is 5. The van der Waals surface area contributed by atoms with Crippen LogP contribution in [-0.4, -0.2) is 9.55 Å². The Morgan fingerprint density at radius 2 is 0.980 bits per heavy atom. The predicted octanol–water partition coefficient (Wildman–Crippen LogP) is 13.2. The molecular weight excluding hydrogens is 625 g/mol. The van der Waals surface area contributed by atoms with Gasteiger partial charge in [-0.1, -0.05) is 133 Å². The van der Waals surface area contributed by atoms with Gasteiger partial charge in [-0.15, -0.1) is 11.3 Å². The Bertz CT molecular complexity index is 2850. The van der Waals surface area contributed by atoms with Crippen LogP contribution < -0.4 is 0 Å². The van der Waals surface area contributed by atoms with Gasteiger partial charge in [-0.25, -0.2) is 4.98 Å². The third kappa shape index (κ3) is 4.74. The van der Waals surface area contributed by atoms with E-state index in [0.29, 0.717) is 0 Å². The molecule has 0 unspecified atom stereocenters. The summed E-state index contributed by atoms with van der Waals surface area (Å²) in [5.74, 6) is 0. The van der Waals surface area contributed by atoms with Crippen molar-refractivity contribution in [1.29, 1.82) is 0 Å². The molecule has 3 heteroatoms. The number of aromatic nitrogens is 2. The summed E-state index contributed by atoms with van der Waals surface area (Å²) in [5.41, 5.74) is 12.5. The van der Waals surface area contributed by atoms with Gasteiger partial charge in [0.05, 0.1) is 22.4 Å². The van der Waals surface area contributed by atoms with E-state index in [-0.39, 0.29) is 0 Å². The zero-order valence-corrected chi connectivity index (χ0v) is 27.9. The van der Waals surface area contributed by atoms with Crippen LogP contribution >= 0.6 is 11.3 Å². The van der Waals surface area contributed by atoms with Gasteiger partial charge in [0, 0.05) is 47.8 Å². The van der Waals surface area contributed by atoms with Crippen molar-refractivity contribution in [3.63, 3.8) is 0 Å². The van der Waals surface area contributed by atoms with Gasteiger partial charge in [0.2, 0.25) is 0 Å². The van der Waals surface area contributed by atoms with E-state index in [1.807, 2.05) is 11.3 Å². The Hall–Kier alpha value is -6.29. The summed E-state index contributed by atoms with van der Waals surface area (Å²) in [6.45, 7) is 0. The lowest BCUT2D eigenvalue weighted by Crippen LogP contribution is -1.94. The summed E-state index contributed by atoms with van der Waals surface area (Å²) < 4.78 is 4.97. The number of pyridine rings is 1. The van der Waals surface area contributed by atoms with Gasteiger partial charge in [0.15, 0.2) is 0 Å². The molecule has 0 fully saturated rings. The number of thiophene rings is 1. The Morgan fingerprint density at radius 3 is 1.80 bits per heavy atom. The molecular formula is C47H30N2S. The topological polar surface area (TPSA) is 17.8 Å². The Labute approximate surface area is 294 Å². The van der Waals surface area contributed by atoms with Gasteiger partial charge < -0.3 is 4.57 Å². The molecule has 0 aliphatic carbocycles. The zero-order valence-electron chi connectivity index (χ0n) is 27.1. The fraction of sp³-hybridized carbons (Fsp3) is 0. The third-order valence-electron chi connectivity index (χ3n) is 9.81. The molecule has 0 bridgehead atoms. The summed E-state index contributed by atoms with van der Waals surface area (Å²) in [6, 6.07) is 65.4. The molecule has 10 rings (SSSR count). The van der Waals surface area contributed by atoms with Crippen LogP contribution in [0.4, 0.5) is 0 Å². The SMILES string of the molecule is c1ccc(-c2ccc(-c3cc(-c4cccc5c4sc4ccccc45)cc(-c4ccc5c(c4)c4ccccc4n5-c4ccccc4)n3)cc2)cc1. The summed E-state index contributed by atoms with van der Waals surface area (Å²) in [7, 11) is 0. The van der Waals surface area contributed by atoms with Gasteiger partial charge in [0.1, 0.15) is 0 Å². The molecule has 0 spiro atoms. The highest BCUT2D eigenvalue weighted by molar-refractivity contribution is 7.26. The molecule has 234 valence electrons. The Kier molecular flexibility index (Phi) is 6.71. The molecule has 3 aromatic heterocycles. The van der Waals surface area contributed by atoms with E-state index in [0.717, 1.165) is 28.2 Å². The van der Waals surface area contributed by atoms with Crippen molar-refractivity contribution >= 4 is 53.3 Å². The summed E-state index contributed by atoms with van der Waals surface area (Å²) >= 11 is 1.87. The molecule has 3 heterocycles. The quantitative estimate of drug-likeness (QED) is 0.181. The van der Waals surface area contributed by atoms with Crippen LogP contribution in [0.25, 0.3) is 92.4 Å². The number of hydrogen-bond donors (Lipinski definition) is 0. The third-order valence-corrected chi connectivity index (χ3v) is 11.0. The van der Waals surface area contributed by atoms with Crippen molar-refractivity contribution in [3.8, 4) is 50.5 Å². The van der Waals surface area contributed by atoms with E-state index in [1.165, 1.54) is 64.2 Å². The molecule has 10 aromatic rings. The Balaban J connectivity index is 1.18. The Morgan fingerprint density at radius 1 is 0.380 bits per heavy atom. The second-order valence-electron chi connectivity index (χ2n) is 12.8. The van der Waals surface area contributed by atoms with Crippen LogP contribution in [-0.2, 0) is 0 Å². The van der Waals surface area contributed by atoms with Gasteiger partial charge >= 0.3 is 0 Å². The first-order valence-corrected chi connectivity index (χ1v) is 17.8. The smallest absolute Gasteiger partial charge is 0.0715 e. The van der Waals surface area contributed by atoms with Gasteiger partial charge in [0.25, 0.3) is 0 Å². The van der Waals surface area contributed by atoms with E-state index in [9.17, 15) is 0 Å². The highest BCUT2D eigenvalue weighted by atomic mass is 32.1. The maximum atomic E-state index is 5.37. The summed E-state index contributed by atoms with van der Waals surface area (Å²) in [6.07, 6.45) is 0. The second kappa shape index (κ2) is 11.7. The highest BCUT2D eigenvalue weighted by Crippen LogP contribution is 2.42. The van der Waals surface area contributed by atoms with E-state index >= 15 is 0 Å². The molecule has 0 saturated carbocycles. The van der Waals surface area contributed by atoms with Crippen LogP contribution in [0.5, 0.6) is 0 Å². The van der Waals surface area contributed by atoms with E-state index in [2.05, 4.69) is 187 Å². The number of benzene rings is 7. The van der Waals surface area contributed by atoms with Gasteiger partial charge in [-0.2, -0.15) is 0 Å². The van der Waals surface area contributed by atoms with Crippen molar-refractivity contribution in [3.05, 3.63) is 182 Å². The molecule has 0 atom stereocenters. The molecule has 0 radical (unpaired) electrons. The van der Waals surface area contributed by atoms with Crippen LogP contribution in [0, 0.1) is 0 Å². The molecule has 0 amide bonds. The predicted molar refractivity (Wildman–Crippen MR) is 213 cm³/mol. The largest absolute Gasteiger partial charge is 0.309 e. The first kappa shape index (κ1) is 28.7. The van der Waals surface area contributed by atoms with Crippen molar-refractivity contribution in [1.82, 2.24) is 9.55 Å². The fourth-order valence-corrected chi connectivity index (χ4v) is 8.65. The number of fused-ring (bicyclic) bond motifs is 6. The zero-order chi connectivity index (χ0) is 33.0. The summed E-state index contributed by atoms with van der Waals surface area (Å²) in [5, 5.41) is 5.05. The van der Waals surface area contributed by atoms with Crippen LogP contribution in [0.2, 0.25) is 0 Å². The minimum absolute atomic E-state index is 0.959. The first-order chi connectivity index (χ1) is 24.8. The normalized spacial score (nSPS) is 11.6. The van der Waals surface area contributed by atoms with Crippen molar-refractivity contribution in [2.24, 2.45) is 0 Å². The number of para-hydroxylation sites is 2. The molecule has 2 nitrogen and oxygen atoms in total. The lowest BCUT2D eigenvalue weighted by atomic mass is 9.97. The molecule has 0 aliphatic heterocycles. The average Bonchev–Trinajstić information content (AvgIpc) is 3.74. The molecule has 0 N–H and O–H groups in total. The summed E-state index contributed by atoms with van der Waals surface area (Å²) in [4.78, 5) is 5.37. The second-order valence-corrected chi connectivity index (χ2v) is 13.8. The number of nitrogens with zero attached hydrogens (tertiary/aromatic N) is 2. The van der Waals surface area contributed by atoms with Crippen molar-refractivity contribution in [2.45, 2.75) is 0 Å². The van der Waals surface area contributed by atoms with Crippen LogP contribution in [0.3, 0.4) is 0 Å². The minimum Gasteiger partial charge on any atom is -0.309 e. The molecule has 0 saturated heterocycles. The van der Waals surface area contributed by atoms with Crippen molar-refractivity contribution < 1.29 is 0 Å². The fourth-order valence-electron chi connectivity index (χ4n) is 7.41. The maximum absolute atomic E-state index is 5.37. The van der Waals surface area contributed by atoms with Crippen LogP contribution in [0.15, 0.2) is 182 Å². The van der Waals surface area contributed by atoms with E-state index < -0.39 is 0 Å². The van der Waals surface area contributed by atoms with Crippen LogP contribution in [0.1, 0.15) is 0 Å². The van der Waals surface area contributed by atoms with E-state index in [4.69, 9.17) is 4.98 Å². The molecule has 50 heavy (non-hydrogen) atoms. The standard InChI is InChI=1S/C47H30N2S/c1-3-12-31(13-4-1)32-22-24-33(25-23-32)42-29-35(37-18-11-19-40-39-17-8-10-21-46(39)50-47(37)40)30-43(48-42)34-26-27-45-41(28-34)38-16-7-9-20-44(38)49(45)36-14-5-2-6-15-36/h1-30H. The first-order valence-electron chi connectivity index (χ1n) is 17.0. The van der Waals surface area contributed by atoms with E-state index in [1.54, 1.807) is 0 Å². The average molecular weight is 655 g/mol. The number of hydrogen-bond acceptors (Lipinski definition) is 2. The lowest BCUT2D eigenvalue weighted by Gasteiger charge is -2.12. The van der Waals surface area contributed by atoms with Gasteiger partial charge in [-0.05, 0) is 70.8 Å². The molecule has 0 aliphatic rings. The molecule has 7 aromatic carbocycles. The minimum atomic E-state index is 0.959. The lowest BCUT2D eigenvalue weighted by molar-refractivity contribution is 1.18. The van der Waals surface area contributed by atoms with Crippen molar-refractivity contribution in [2.75, 3.05) is 0 Å².